The molecular formula is C28H30N2O5S. The third-order valence-electron chi connectivity index (χ3n) is 5.56. The van der Waals surface area contributed by atoms with Gasteiger partial charge in [-0.05, 0) is 64.5 Å². The summed E-state index contributed by atoms with van der Waals surface area (Å²) in [6.07, 6.45) is 1.74. The maximum Gasteiger partial charge on any atom is 0.338 e. The zero-order valence-electron chi connectivity index (χ0n) is 21.1. The summed E-state index contributed by atoms with van der Waals surface area (Å²) in [5.41, 5.74) is 2.15. The molecule has 0 bridgehead atoms. The highest BCUT2D eigenvalue weighted by atomic mass is 32.1. The first kappa shape index (κ1) is 25.4. The third kappa shape index (κ3) is 5.14. The van der Waals surface area contributed by atoms with Crippen molar-refractivity contribution in [1.29, 1.82) is 0 Å². The quantitative estimate of drug-likeness (QED) is 0.432. The van der Waals surface area contributed by atoms with E-state index in [-0.39, 0.29) is 18.3 Å². The molecule has 0 amide bonds. The highest BCUT2D eigenvalue weighted by Crippen LogP contribution is 2.36. The van der Waals surface area contributed by atoms with Crippen LogP contribution in [-0.2, 0) is 9.53 Å². The first-order chi connectivity index (χ1) is 17.3. The number of ether oxygens (including phenoxy) is 3. The Kier molecular flexibility index (Phi) is 7.74. The minimum atomic E-state index is -0.729. The van der Waals surface area contributed by atoms with E-state index in [2.05, 4.69) is 4.99 Å². The second-order valence-electron chi connectivity index (χ2n) is 8.51. The van der Waals surface area contributed by atoms with Crippen LogP contribution in [0.2, 0.25) is 0 Å². The molecule has 188 valence electrons. The minimum Gasteiger partial charge on any atom is -0.494 e. The molecule has 0 N–H and O–H groups in total. The first-order valence-corrected chi connectivity index (χ1v) is 12.8. The number of nitrogens with zero attached hydrogens (tertiary/aromatic N) is 2. The van der Waals surface area contributed by atoms with Crippen LogP contribution in [0, 0.1) is 0 Å². The van der Waals surface area contributed by atoms with Crippen LogP contribution in [0.1, 0.15) is 51.8 Å². The number of benzene rings is 2. The largest absolute Gasteiger partial charge is 0.494 e. The Bertz CT molecular complexity index is 1480. The van der Waals surface area contributed by atoms with Crippen LogP contribution >= 0.6 is 11.3 Å². The van der Waals surface area contributed by atoms with Crippen LogP contribution in [0.3, 0.4) is 0 Å². The number of allylic oxidation sites excluding steroid dienone is 1. The smallest absolute Gasteiger partial charge is 0.338 e. The number of rotatable bonds is 8. The summed E-state index contributed by atoms with van der Waals surface area (Å²) in [5.74, 6) is 0.840. The van der Waals surface area contributed by atoms with Crippen molar-refractivity contribution in [3.8, 4) is 11.5 Å². The molecule has 4 rings (SSSR count). The van der Waals surface area contributed by atoms with Gasteiger partial charge in [0.1, 0.15) is 17.5 Å². The van der Waals surface area contributed by atoms with E-state index in [1.54, 1.807) is 18.4 Å². The highest BCUT2D eigenvalue weighted by molar-refractivity contribution is 7.07. The molecule has 1 aromatic heterocycles. The zero-order valence-corrected chi connectivity index (χ0v) is 21.9. The van der Waals surface area contributed by atoms with Gasteiger partial charge in [-0.3, -0.25) is 9.36 Å². The van der Waals surface area contributed by atoms with Crippen LogP contribution in [0.4, 0.5) is 0 Å². The molecule has 8 heteroatoms. The number of thiazole rings is 1. The van der Waals surface area contributed by atoms with Gasteiger partial charge >= 0.3 is 5.97 Å². The summed E-state index contributed by atoms with van der Waals surface area (Å²) < 4.78 is 19.1. The standard InChI is InChI=1S/C28H30N2O5S/c1-6-33-20-12-10-11-19(15-20)16-23-26(31)30-25(21-13-8-9-14-22(21)35-17(3)4)24(27(32)34-7-2)18(5)29-28(30)36-23/h8-17,25H,6-7H2,1-5H3/b23-16-/t25-/m0/s1. The van der Waals surface area contributed by atoms with Gasteiger partial charge in [-0.15, -0.1) is 0 Å². The average Bonchev–Trinajstić information content (AvgIpc) is 3.13. The van der Waals surface area contributed by atoms with E-state index >= 15 is 0 Å². The summed E-state index contributed by atoms with van der Waals surface area (Å²) in [4.78, 5) is 32.1. The molecule has 2 aromatic carbocycles. The number of esters is 1. The van der Waals surface area contributed by atoms with E-state index in [0.717, 1.165) is 11.3 Å². The Morgan fingerprint density at radius 1 is 1.14 bits per heavy atom. The first-order valence-electron chi connectivity index (χ1n) is 12.0. The van der Waals surface area contributed by atoms with E-state index < -0.39 is 12.0 Å². The van der Waals surface area contributed by atoms with Crippen molar-refractivity contribution < 1.29 is 19.0 Å². The molecule has 36 heavy (non-hydrogen) atoms. The monoisotopic (exact) mass is 506 g/mol. The minimum absolute atomic E-state index is 0.0873. The molecule has 1 atom stereocenters. The van der Waals surface area contributed by atoms with Crippen LogP contribution in [-0.4, -0.2) is 29.9 Å². The molecule has 0 unspecified atom stereocenters. The number of carbonyl (C=O) groups is 1. The van der Waals surface area contributed by atoms with Crippen molar-refractivity contribution in [2.75, 3.05) is 13.2 Å². The van der Waals surface area contributed by atoms with Gasteiger partial charge in [0.05, 0.1) is 35.1 Å². The van der Waals surface area contributed by atoms with Crippen molar-refractivity contribution in [1.82, 2.24) is 4.57 Å². The molecule has 7 nitrogen and oxygen atoms in total. The van der Waals surface area contributed by atoms with Crippen LogP contribution in [0.15, 0.2) is 69.6 Å². The SMILES string of the molecule is CCOC(=O)C1=C(C)N=c2s/c(=C\c3cccc(OCC)c3)c(=O)n2[C@H]1c1ccccc1OC(C)C. The van der Waals surface area contributed by atoms with Gasteiger partial charge in [0.25, 0.3) is 5.56 Å². The fourth-order valence-electron chi connectivity index (χ4n) is 4.17. The average molecular weight is 507 g/mol. The molecule has 0 spiro atoms. The van der Waals surface area contributed by atoms with Gasteiger partial charge in [0.2, 0.25) is 0 Å². The number of para-hydroxylation sites is 1. The van der Waals surface area contributed by atoms with Gasteiger partial charge in [0.15, 0.2) is 4.80 Å². The van der Waals surface area contributed by atoms with Gasteiger partial charge in [-0.25, -0.2) is 9.79 Å². The lowest BCUT2D eigenvalue weighted by Gasteiger charge is -2.26. The molecule has 2 heterocycles. The summed E-state index contributed by atoms with van der Waals surface area (Å²) in [7, 11) is 0. The molecule has 0 saturated heterocycles. The maximum absolute atomic E-state index is 13.8. The van der Waals surface area contributed by atoms with E-state index in [1.807, 2.05) is 75.4 Å². The van der Waals surface area contributed by atoms with E-state index in [0.29, 0.717) is 38.5 Å². The highest BCUT2D eigenvalue weighted by Gasteiger charge is 2.35. The third-order valence-corrected chi connectivity index (χ3v) is 6.54. The second kappa shape index (κ2) is 11.0. The lowest BCUT2D eigenvalue weighted by atomic mass is 9.95. The van der Waals surface area contributed by atoms with Crippen molar-refractivity contribution >= 4 is 23.4 Å². The maximum atomic E-state index is 13.8. The summed E-state index contributed by atoms with van der Waals surface area (Å²) in [6, 6.07) is 14.3. The van der Waals surface area contributed by atoms with Gasteiger partial charge in [-0.1, -0.05) is 41.7 Å². The van der Waals surface area contributed by atoms with Crippen molar-refractivity contribution in [2.45, 2.75) is 46.8 Å². The predicted octanol–water partition coefficient (Wildman–Crippen LogP) is 3.98. The molecular weight excluding hydrogens is 476 g/mol. The summed E-state index contributed by atoms with van der Waals surface area (Å²) in [5, 5.41) is 0. The van der Waals surface area contributed by atoms with Crippen molar-refractivity contribution in [2.24, 2.45) is 4.99 Å². The van der Waals surface area contributed by atoms with Crippen LogP contribution < -0.4 is 24.4 Å². The number of hydrogen-bond acceptors (Lipinski definition) is 7. The van der Waals surface area contributed by atoms with Gasteiger partial charge in [0, 0.05) is 5.56 Å². The zero-order chi connectivity index (χ0) is 25.8. The molecule has 0 fully saturated rings. The fourth-order valence-corrected chi connectivity index (χ4v) is 5.21. The van der Waals surface area contributed by atoms with E-state index in [1.165, 1.54) is 11.3 Å². The van der Waals surface area contributed by atoms with Crippen molar-refractivity contribution in [3.05, 3.63) is 90.6 Å². The molecule has 1 aliphatic rings. The lowest BCUT2D eigenvalue weighted by Crippen LogP contribution is -2.40. The molecule has 0 radical (unpaired) electrons. The van der Waals surface area contributed by atoms with E-state index in [9.17, 15) is 9.59 Å². The Hall–Kier alpha value is -3.65. The Labute approximate surface area is 214 Å². The number of fused-ring (bicyclic) bond motifs is 1. The van der Waals surface area contributed by atoms with Gasteiger partial charge < -0.3 is 14.2 Å². The van der Waals surface area contributed by atoms with Gasteiger partial charge in [-0.2, -0.15) is 0 Å². The Morgan fingerprint density at radius 2 is 1.92 bits per heavy atom. The number of hydrogen-bond donors (Lipinski definition) is 0. The normalized spacial score (nSPS) is 15.5. The molecule has 1 aliphatic heterocycles. The Balaban J connectivity index is 1.95. The number of aromatic nitrogens is 1. The fraction of sp³-hybridized carbons (Fsp3) is 0.321. The lowest BCUT2D eigenvalue weighted by molar-refractivity contribution is -0.139. The molecule has 0 aliphatic carbocycles. The Morgan fingerprint density at radius 3 is 2.64 bits per heavy atom. The summed E-state index contributed by atoms with van der Waals surface area (Å²) in [6.45, 7) is 10.1. The predicted molar refractivity (Wildman–Crippen MR) is 140 cm³/mol. The topological polar surface area (TPSA) is 79.1 Å². The molecule has 0 saturated carbocycles. The summed E-state index contributed by atoms with van der Waals surface area (Å²) >= 11 is 1.29. The molecule has 3 aromatic rings. The van der Waals surface area contributed by atoms with Crippen molar-refractivity contribution in [3.63, 3.8) is 0 Å². The second-order valence-corrected chi connectivity index (χ2v) is 9.52. The van der Waals surface area contributed by atoms with Crippen LogP contribution in [0.25, 0.3) is 6.08 Å². The van der Waals surface area contributed by atoms with Crippen LogP contribution in [0.5, 0.6) is 11.5 Å². The number of carbonyl (C=O) groups excluding carboxylic acids is 1. The van der Waals surface area contributed by atoms with E-state index in [4.69, 9.17) is 14.2 Å².